The molecule has 6 heteroatoms. The molecule has 1 fully saturated rings. The second-order valence-electron chi connectivity index (χ2n) is 7.96. The molecule has 0 bridgehead atoms. The van der Waals surface area contributed by atoms with Gasteiger partial charge in [0.05, 0.1) is 5.75 Å². The Hall–Kier alpha value is -2.60. The van der Waals surface area contributed by atoms with Gasteiger partial charge in [0.25, 0.3) is 0 Å². The number of rotatable bonds is 6. The molecular formula is C24H28N4OS. The fraction of sp³-hybridized carbons (Fsp3) is 0.375. The van der Waals surface area contributed by atoms with Gasteiger partial charge in [-0.25, -0.2) is 0 Å². The summed E-state index contributed by atoms with van der Waals surface area (Å²) in [5.41, 5.74) is 3.40. The summed E-state index contributed by atoms with van der Waals surface area (Å²) < 4.78 is 2.09. The lowest BCUT2D eigenvalue weighted by molar-refractivity contribution is -0.131. The van der Waals surface area contributed by atoms with Crippen LogP contribution >= 0.6 is 11.8 Å². The first-order chi connectivity index (χ1) is 14.6. The second kappa shape index (κ2) is 9.47. The van der Waals surface area contributed by atoms with E-state index in [1.165, 1.54) is 29.3 Å². The van der Waals surface area contributed by atoms with Gasteiger partial charge in [0.1, 0.15) is 5.82 Å². The summed E-state index contributed by atoms with van der Waals surface area (Å²) in [7, 11) is 0. The molecule has 1 aromatic heterocycles. The minimum atomic E-state index is 0.190. The highest BCUT2D eigenvalue weighted by Gasteiger charge is 2.24. The third-order valence-electron chi connectivity index (χ3n) is 5.61. The van der Waals surface area contributed by atoms with E-state index in [2.05, 4.69) is 58.9 Å². The van der Waals surface area contributed by atoms with Gasteiger partial charge in [0.2, 0.25) is 5.91 Å². The monoisotopic (exact) mass is 420 g/mol. The Labute approximate surface area is 182 Å². The van der Waals surface area contributed by atoms with E-state index in [1.54, 1.807) is 0 Å². The summed E-state index contributed by atoms with van der Waals surface area (Å²) in [4.78, 5) is 14.9. The Morgan fingerprint density at radius 3 is 2.70 bits per heavy atom. The minimum absolute atomic E-state index is 0.190. The standard InChI is InChI=1S/C24H28N4OS/c1-18-9-8-13-21(15-18)28-22(16-20-11-4-3-5-12-20)25-26-24(28)30-17-23(29)27-14-7-6-10-19(27)2/h3-5,8-9,11-13,15,19H,6-7,10,14,16-17H2,1-2H3/t19-/m0/s1. The van der Waals surface area contributed by atoms with Crippen LogP contribution in [0, 0.1) is 6.92 Å². The summed E-state index contributed by atoms with van der Waals surface area (Å²) in [5, 5.41) is 9.72. The van der Waals surface area contributed by atoms with E-state index in [0.29, 0.717) is 18.2 Å². The smallest absolute Gasteiger partial charge is 0.233 e. The molecule has 5 nitrogen and oxygen atoms in total. The van der Waals surface area contributed by atoms with E-state index in [0.717, 1.165) is 36.1 Å². The van der Waals surface area contributed by atoms with Gasteiger partial charge in [0, 0.05) is 24.7 Å². The number of amides is 1. The lowest BCUT2D eigenvalue weighted by atomic mass is 10.0. The van der Waals surface area contributed by atoms with E-state index in [-0.39, 0.29) is 5.91 Å². The topological polar surface area (TPSA) is 51.0 Å². The van der Waals surface area contributed by atoms with Crippen LogP contribution in [0.1, 0.15) is 43.1 Å². The molecule has 3 aromatic rings. The lowest BCUT2D eigenvalue weighted by Crippen LogP contribution is -2.42. The van der Waals surface area contributed by atoms with Crippen molar-refractivity contribution >= 4 is 17.7 Å². The molecule has 0 unspecified atom stereocenters. The summed E-state index contributed by atoms with van der Waals surface area (Å²) in [5.74, 6) is 1.46. The van der Waals surface area contributed by atoms with Gasteiger partial charge < -0.3 is 4.90 Å². The number of likely N-dealkylation sites (tertiary alicyclic amines) is 1. The van der Waals surface area contributed by atoms with Crippen molar-refractivity contribution in [2.45, 2.75) is 50.7 Å². The van der Waals surface area contributed by atoms with Crippen LogP contribution in [0.25, 0.3) is 5.69 Å². The highest BCUT2D eigenvalue weighted by molar-refractivity contribution is 7.99. The molecule has 1 aliphatic rings. The maximum absolute atomic E-state index is 12.8. The van der Waals surface area contributed by atoms with Crippen LogP contribution in [0.2, 0.25) is 0 Å². The number of aromatic nitrogens is 3. The number of benzene rings is 2. The van der Waals surface area contributed by atoms with Crippen molar-refractivity contribution in [3.63, 3.8) is 0 Å². The zero-order valence-corrected chi connectivity index (χ0v) is 18.4. The summed E-state index contributed by atoms with van der Waals surface area (Å²) in [6.45, 7) is 5.10. The van der Waals surface area contributed by atoms with Crippen molar-refractivity contribution in [1.82, 2.24) is 19.7 Å². The van der Waals surface area contributed by atoms with Gasteiger partial charge >= 0.3 is 0 Å². The van der Waals surface area contributed by atoms with Gasteiger partial charge in [0.15, 0.2) is 5.16 Å². The van der Waals surface area contributed by atoms with Crippen LogP contribution < -0.4 is 0 Å². The first kappa shape index (κ1) is 20.7. The number of hydrogen-bond acceptors (Lipinski definition) is 4. The van der Waals surface area contributed by atoms with Gasteiger partial charge in [-0.05, 0) is 56.4 Å². The van der Waals surface area contributed by atoms with Crippen molar-refractivity contribution in [3.05, 3.63) is 71.5 Å². The Morgan fingerprint density at radius 1 is 1.10 bits per heavy atom. The number of carbonyl (C=O) groups is 1. The Morgan fingerprint density at radius 2 is 1.93 bits per heavy atom. The molecule has 0 spiro atoms. The molecule has 1 aliphatic heterocycles. The Kier molecular flexibility index (Phi) is 6.53. The molecule has 156 valence electrons. The zero-order chi connectivity index (χ0) is 20.9. The van der Waals surface area contributed by atoms with Gasteiger partial charge in [-0.3, -0.25) is 9.36 Å². The van der Waals surface area contributed by atoms with E-state index in [1.807, 2.05) is 29.2 Å². The highest BCUT2D eigenvalue weighted by Crippen LogP contribution is 2.25. The first-order valence-electron chi connectivity index (χ1n) is 10.6. The van der Waals surface area contributed by atoms with Crippen molar-refractivity contribution in [2.24, 2.45) is 0 Å². The molecule has 2 aromatic carbocycles. The van der Waals surface area contributed by atoms with E-state index >= 15 is 0 Å². The normalized spacial score (nSPS) is 16.6. The number of nitrogens with zero attached hydrogens (tertiary/aromatic N) is 4. The van der Waals surface area contributed by atoms with Crippen molar-refractivity contribution in [2.75, 3.05) is 12.3 Å². The molecular weight excluding hydrogens is 392 g/mol. The van der Waals surface area contributed by atoms with Crippen molar-refractivity contribution in [1.29, 1.82) is 0 Å². The lowest BCUT2D eigenvalue weighted by Gasteiger charge is -2.33. The Balaban J connectivity index is 1.58. The van der Waals surface area contributed by atoms with Crippen LogP contribution in [-0.2, 0) is 11.2 Å². The molecule has 30 heavy (non-hydrogen) atoms. The van der Waals surface area contributed by atoms with Crippen LogP contribution in [0.5, 0.6) is 0 Å². The first-order valence-corrected chi connectivity index (χ1v) is 11.6. The molecule has 1 saturated heterocycles. The maximum Gasteiger partial charge on any atom is 0.233 e. The van der Waals surface area contributed by atoms with E-state index in [4.69, 9.17) is 0 Å². The fourth-order valence-electron chi connectivity index (χ4n) is 3.99. The Bertz CT molecular complexity index is 1000. The van der Waals surface area contributed by atoms with E-state index in [9.17, 15) is 4.79 Å². The fourth-order valence-corrected chi connectivity index (χ4v) is 4.85. The minimum Gasteiger partial charge on any atom is -0.339 e. The average Bonchev–Trinajstić information content (AvgIpc) is 3.15. The second-order valence-corrected chi connectivity index (χ2v) is 8.90. The van der Waals surface area contributed by atoms with Crippen molar-refractivity contribution in [3.8, 4) is 5.69 Å². The zero-order valence-electron chi connectivity index (χ0n) is 17.6. The summed E-state index contributed by atoms with van der Waals surface area (Å²) >= 11 is 1.48. The highest BCUT2D eigenvalue weighted by atomic mass is 32.2. The maximum atomic E-state index is 12.8. The third-order valence-corrected chi connectivity index (χ3v) is 6.53. The molecule has 0 aliphatic carbocycles. The molecule has 1 amide bonds. The number of hydrogen-bond donors (Lipinski definition) is 0. The largest absolute Gasteiger partial charge is 0.339 e. The summed E-state index contributed by atoms with van der Waals surface area (Å²) in [6, 6.07) is 19.0. The molecule has 0 N–H and O–H groups in total. The quantitative estimate of drug-likeness (QED) is 0.544. The van der Waals surface area contributed by atoms with Gasteiger partial charge in [-0.2, -0.15) is 0 Å². The molecule has 1 atom stereocenters. The average molecular weight is 421 g/mol. The molecule has 2 heterocycles. The number of carbonyl (C=O) groups excluding carboxylic acids is 1. The molecule has 0 saturated carbocycles. The SMILES string of the molecule is Cc1cccc(-n2c(Cc3ccccc3)nnc2SCC(=O)N2CCCC[C@@H]2C)c1. The summed E-state index contributed by atoms with van der Waals surface area (Å²) in [6.07, 6.45) is 4.10. The number of thioether (sulfide) groups is 1. The number of piperidine rings is 1. The predicted molar refractivity (Wildman–Crippen MR) is 121 cm³/mol. The molecule has 4 rings (SSSR count). The predicted octanol–water partition coefficient (Wildman–Crippen LogP) is 4.66. The van der Waals surface area contributed by atoms with E-state index < -0.39 is 0 Å². The third kappa shape index (κ3) is 4.75. The van der Waals surface area contributed by atoms with Crippen LogP contribution in [-0.4, -0.2) is 43.9 Å². The number of aryl methyl sites for hydroxylation is 1. The van der Waals surface area contributed by atoms with Gasteiger partial charge in [-0.1, -0.05) is 54.2 Å². The van der Waals surface area contributed by atoms with Crippen LogP contribution in [0.4, 0.5) is 0 Å². The van der Waals surface area contributed by atoms with Crippen LogP contribution in [0.3, 0.4) is 0 Å². The molecule has 0 radical (unpaired) electrons. The van der Waals surface area contributed by atoms with Crippen LogP contribution in [0.15, 0.2) is 59.8 Å². The van der Waals surface area contributed by atoms with Gasteiger partial charge in [-0.15, -0.1) is 10.2 Å². The van der Waals surface area contributed by atoms with Crippen molar-refractivity contribution < 1.29 is 4.79 Å².